The average molecular weight is 448 g/mol. The number of ether oxygens (including phenoxy) is 1. The number of carbonyl (C=O) groups is 3. The van der Waals surface area contributed by atoms with Crippen molar-refractivity contribution in [2.75, 3.05) is 17.3 Å². The van der Waals surface area contributed by atoms with Crippen LogP contribution >= 0.6 is 0 Å². The number of hydrogen-bond acceptors (Lipinski definition) is 5. The van der Waals surface area contributed by atoms with Crippen LogP contribution in [0.4, 0.5) is 20.6 Å². The highest BCUT2D eigenvalue weighted by atomic mass is 19.1. The zero-order chi connectivity index (χ0) is 23.6. The summed E-state index contributed by atoms with van der Waals surface area (Å²) in [6, 6.07) is 14.7. The molecule has 2 aromatic carbocycles. The number of pyridine rings is 1. The molecule has 1 aliphatic rings. The lowest BCUT2D eigenvalue weighted by atomic mass is 9.92. The maximum absolute atomic E-state index is 13.3. The second-order valence-electron chi connectivity index (χ2n) is 7.76. The largest absolute Gasteiger partial charge is 0.494 e. The summed E-state index contributed by atoms with van der Waals surface area (Å²) in [6.07, 6.45) is 1.70. The molecule has 2 heterocycles. The van der Waals surface area contributed by atoms with Crippen LogP contribution in [0, 0.1) is 5.82 Å². The Balaban J connectivity index is 1.57. The molecule has 1 aromatic heterocycles. The first-order valence-electron chi connectivity index (χ1n) is 10.1. The van der Waals surface area contributed by atoms with Crippen LogP contribution in [0.25, 0.3) is 0 Å². The molecule has 0 radical (unpaired) electrons. The molecule has 1 atom stereocenters. The van der Waals surface area contributed by atoms with Gasteiger partial charge in [-0.3, -0.25) is 14.6 Å². The molecular weight excluding hydrogens is 427 g/mol. The van der Waals surface area contributed by atoms with Gasteiger partial charge in [0.05, 0.1) is 12.8 Å². The van der Waals surface area contributed by atoms with Crippen LogP contribution in [-0.4, -0.2) is 35.5 Å². The van der Waals surface area contributed by atoms with Gasteiger partial charge in [0.2, 0.25) is 0 Å². The zero-order valence-electron chi connectivity index (χ0n) is 18.0. The van der Waals surface area contributed by atoms with Crippen LogP contribution in [0.3, 0.4) is 0 Å². The highest BCUT2D eigenvalue weighted by Gasteiger charge is 2.49. The molecule has 33 heavy (non-hydrogen) atoms. The third-order valence-corrected chi connectivity index (χ3v) is 5.31. The standard InChI is InChI=1S/C24H21FN4O4/c1-24(14-15-6-8-16(25)9-7-15)22(31)29(23(32)28-24)19-11-10-17(13-20(19)33-2)27-21(30)18-5-3-4-12-26-18/h3-13H,14H2,1-2H3,(H,27,30)(H,28,32)/t24-/m0/s1. The first kappa shape index (κ1) is 21.9. The highest BCUT2D eigenvalue weighted by Crippen LogP contribution is 2.36. The molecule has 0 saturated carbocycles. The molecule has 168 valence electrons. The number of anilines is 2. The predicted molar refractivity (Wildman–Crippen MR) is 120 cm³/mol. The summed E-state index contributed by atoms with van der Waals surface area (Å²) in [5.41, 5.74) is 0.373. The van der Waals surface area contributed by atoms with E-state index in [0.29, 0.717) is 11.3 Å². The second kappa shape index (κ2) is 8.70. The number of aromatic nitrogens is 1. The second-order valence-corrected chi connectivity index (χ2v) is 7.76. The fourth-order valence-corrected chi connectivity index (χ4v) is 3.67. The number of halogens is 1. The number of imide groups is 1. The van der Waals surface area contributed by atoms with E-state index in [2.05, 4.69) is 15.6 Å². The van der Waals surface area contributed by atoms with Crippen LogP contribution in [0.15, 0.2) is 66.9 Å². The Hall–Kier alpha value is -4.27. The minimum Gasteiger partial charge on any atom is -0.494 e. The third-order valence-electron chi connectivity index (χ3n) is 5.31. The zero-order valence-corrected chi connectivity index (χ0v) is 18.0. The molecule has 3 aromatic rings. The Morgan fingerprint density at radius 2 is 1.91 bits per heavy atom. The van der Waals surface area contributed by atoms with Gasteiger partial charge >= 0.3 is 6.03 Å². The lowest BCUT2D eigenvalue weighted by Crippen LogP contribution is -2.46. The summed E-state index contributed by atoms with van der Waals surface area (Å²) in [4.78, 5) is 43.4. The Labute approximate surface area is 189 Å². The van der Waals surface area contributed by atoms with Crippen LogP contribution < -0.4 is 20.3 Å². The van der Waals surface area contributed by atoms with E-state index in [9.17, 15) is 18.8 Å². The molecule has 2 N–H and O–H groups in total. The average Bonchev–Trinajstić information content (AvgIpc) is 3.03. The molecule has 0 aliphatic carbocycles. The van der Waals surface area contributed by atoms with Gasteiger partial charge in [0.1, 0.15) is 22.8 Å². The Morgan fingerprint density at radius 3 is 2.58 bits per heavy atom. The van der Waals surface area contributed by atoms with Gasteiger partial charge in [-0.1, -0.05) is 18.2 Å². The SMILES string of the molecule is COc1cc(NC(=O)c2ccccn2)ccc1N1C(=O)N[C@@](C)(Cc2ccc(F)cc2)C1=O. The maximum Gasteiger partial charge on any atom is 0.329 e. The molecule has 0 spiro atoms. The molecule has 4 rings (SSSR count). The van der Waals surface area contributed by atoms with Crippen molar-refractivity contribution in [2.24, 2.45) is 0 Å². The summed E-state index contributed by atoms with van der Waals surface area (Å²) < 4.78 is 18.6. The summed E-state index contributed by atoms with van der Waals surface area (Å²) in [5, 5.41) is 5.43. The molecule has 1 saturated heterocycles. The van der Waals surface area contributed by atoms with Crippen LogP contribution in [-0.2, 0) is 11.2 Å². The number of hydrogen-bond donors (Lipinski definition) is 2. The van der Waals surface area contributed by atoms with E-state index in [4.69, 9.17) is 4.74 Å². The summed E-state index contributed by atoms with van der Waals surface area (Å²) >= 11 is 0. The Morgan fingerprint density at radius 1 is 1.15 bits per heavy atom. The van der Waals surface area contributed by atoms with Gasteiger partial charge in [-0.25, -0.2) is 14.1 Å². The van der Waals surface area contributed by atoms with E-state index >= 15 is 0 Å². The van der Waals surface area contributed by atoms with Gasteiger partial charge < -0.3 is 15.4 Å². The van der Waals surface area contributed by atoms with Crippen molar-refractivity contribution in [2.45, 2.75) is 18.9 Å². The molecule has 1 aliphatic heterocycles. The quantitative estimate of drug-likeness (QED) is 0.562. The summed E-state index contributed by atoms with van der Waals surface area (Å²) in [5.74, 6) is -1.04. The number of nitrogens with one attached hydrogen (secondary N) is 2. The van der Waals surface area contributed by atoms with Crippen molar-refractivity contribution in [3.63, 3.8) is 0 Å². The molecule has 0 unspecified atom stereocenters. The molecule has 0 bridgehead atoms. The van der Waals surface area contributed by atoms with Crippen molar-refractivity contribution in [3.8, 4) is 5.75 Å². The number of carbonyl (C=O) groups excluding carboxylic acids is 3. The van der Waals surface area contributed by atoms with Crippen LogP contribution in [0.2, 0.25) is 0 Å². The number of amides is 4. The molecule has 4 amide bonds. The van der Waals surface area contributed by atoms with E-state index < -0.39 is 23.4 Å². The maximum atomic E-state index is 13.3. The minimum absolute atomic E-state index is 0.189. The van der Waals surface area contributed by atoms with E-state index in [0.717, 1.165) is 4.90 Å². The van der Waals surface area contributed by atoms with Crippen molar-refractivity contribution in [1.82, 2.24) is 10.3 Å². The number of urea groups is 1. The molecule has 1 fully saturated rings. The minimum atomic E-state index is -1.22. The van der Waals surface area contributed by atoms with E-state index in [-0.39, 0.29) is 29.4 Å². The third kappa shape index (κ3) is 4.38. The monoisotopic (exact) mass is 448 g/mol. The topological polar surface area (TPSA) is 101 Å². The van der Waals surface area contributed by atoms with Crippen LogP contribution in [0.5, 0.6) is 5.75 Å². The normalized spacial score (nSPS) is 17.6. The van der Waals surface area contributed by atoms with Gasteiger partial charge in [-0.05, 0) is 48.9 Å². The number of rotatable bonds is 6. The smallest absolute Gasteiger partial charge is 0.329 e. The molecular formula is C24H21FN4O4. The number of benzene rings is 2. The number of methoxy groups -OCH3 is 1. The van der Waals surface area contributed by atoms with Gasteiger partial charge in [0.25, 0.3) is 11.8 Å². The van der Waals surface area contributed by atoms with Gasteiger partial charge in [0, 0.05) is 24.4 Å². The molecule has 9 heteroatoms. The van der Waals surface area contributed by atoms with E-state index in [1.807, 2.05) is 0 Å². The fourth-order valence-electron chi connectivity index (χ4n) is 3.67. The number of nitrogens with zero attached hydrogens (tertiary/aromatic N) is 2. The van der Waals surface area contributed by atoms with Gasteiger partial charge in [0.15, 0.2) is 0 Å². The van der Waals surface area contributed by atoms with Crippen molar-refractivity contribution >= 4 is 29.2 Å². The fraction of sp³-hybridized carbons (Fsp3) is 0.167. The first-order valence-corrected chi connectivity index (χ1v) is 10.1. The molecule has 8 nitrogen and oxygen atoms in total. The van der Waals surface area contributed by atoms with Crippen molar-refractivity contribution < 1.29 is 23.5 Å². The van der Waals surface area contributed by atoms with E-state index in [1.165, 1.54) is 37.6 Å². The van der Waals surface area contributed by atoms with Crippen molar-refractivity contribution in [3.05, 3.63) is 83.9 Å². The lowest BCUT2D eigenvalue weighted by Gasteiger charge is -2.22. The van der Waals surface area contributed by atoms with Crippen LogP contribution in [0.1, 0.15) is 23.0 Å². The summed E-state index contributed by atoms with van der Waals surface area (Å²) in [7, 11) is 1.40. The van der Waals surface area contributed by atoms with Gasteiger partial charge in [-0.15, -0.1) is 0 Å². The lowest BCUT2D eigenvalue weighted by molar-refractivity contribution is -0.121. The summed E-state index contributed by atoms with van der Waals surface area (Å²) in [6.45, 7) is 1.62. The van der Waals surface area contributed by atoms with Gasteiger partial charge in [-0.2, -0.15) is 0 Å². The predicted octanol–water partition coefficient (Wildman–Crippen LogP) is 3.54. The first-order chi connectivity index (χ1) is 15.8. The highest BCUT2D eigenvalue weighted by molar-refractivity contribution is 6.24. The van der Waals surface area contributed by atoms with Crippen molar-refractivity contribution in [1.29, 1.82) is 0 Å². The van der Waals surface area contributed by atoms with E-state index in [1.54, 1.807) is 43.3 Å². The Bertz CT molecular complexity index is 1220. The Kier molecular flexibility index (Phi) is 5.78.